The molecule has 32 heavy (non-hydrogen) atoms. The van der Waals surface area contributed by atoms with Gasteiger partial charge in [0.25, 0.3) is 0 Å². The third-order valence-electron chi connectivity index (χ3n) is 4.25. The summed E-state index contributed by atoms with van der Waals surface area (Å²) in [5.74, 6) is 2.24. The average molecular weight is 516 g/mol. The second kappa shape index (κ2) is 13.0. The summed E-state index contributed by atoms with van der Waals surface area (Å²) in [4.78, 5) is 0. The molecule has 0 saturated heterocycles. The van der Waals surface area contributed by atoms with Crippen molar-refractivity contribution in [2.24, 2.45) is 0 Å². The highest BCUT2D eigenvalue weighted by atomic mass is 35.5. The van der Waals surface area contributed by atoms with E-state index in [1.54, 1.807) is 18.2 Å². The van der Waals surface area contributed by atoms with Crippen molar-refractivity contribution in [3.05, 3.63) is 89.5 Å². The van der Waals surface area contributed by atoms with Crippen LogP contribution >= 0.6 is 42.6 Å². The lowest BCUT2D eigenvalue weighted by molar-refractivity contribution is 0.296. The molecule has 0 aliphatic heterocycles. The van der Waals surface area contributed by atoms with Crippen LogP contribution in [0.1, 0.15) is 16.7 Å². The molecular weight excluding hydrogens is 490 g/mol. The molecule has 0 fully saturated rings. The van der Waals surface area contributed by atoms with Crippen LogP contribution in [0.5, 0.6) is 17.2 Å². The van der Waals surface area contributed by atoms with Gasteiger partial charge in [-0.25, -0.2) is 0 Å². The summed E-state index contributed by atoms with van der Waals surface area (Å²) in [6, 6.07) is 22.0. The van der Waals surface area contributed by atoms with Crippen molar-refractivity contribution < 1.29 is 18.1 Å². The van der Waals surface area contributed by atoms with E-state index in [1.165, 1.54) is 0 Å². The maximum Gasteiger partial charge on any atom is 0.647 e. The van der Waals surface area contributed by atoms with E-state index in [9.17, 15) is 4.57 Å². The summed E-state index contributed by atoms with van der Waals surface area (Å²) in [5, 5.41) is -0.0617. The minimum Gasteiger partial charge on any atom is -0.386 e. The molecule has 8 heteroatoms. The normalized spacial score (nSPS) is 10.8. The van der Waals surface area contributed by atoms with Crippen molar-refractivity contribution >= 4 is 42.6 Å². The number of hydrogen-bond acceptors (Lipinski definition) is 4. The highest BCUT2D eigenvalue weighted by Crippen LogP contribution is 2.51. The fourth-order valence-electron chi connectivity index (χ4n) is 2.44. The largest absolute Gasteiger partial charge is 0.647 e. The Bertz CT molecular complexity index is 919. The number of rotatable bonds is 8. The number of aryl methyl sites for hydroxylation is 3. The third kappa shape index (κ3) is 8.26. The molecule has 0 unspecified atom stereocenters. The van der Waals surface area contributed by atoms with Crippen molar-refractivity contribution in [1.82, 2.24) is 0 Å². The van der Waals surface area contributed by atoms with Gasteiger partial charge >= 0.3 is 7.82 Å². The van der Waals surface area contributed by atoms with Crippen molar-refractivity contribution in [2.45, 2.75) is 26.1 Å². The average Bonchev–Trinajstić information content (AvgIpc) is 2.78. The van der Waals surface area contributed by atoms with E-state index in [0.29, 0.717) is 29.0 Å². The lowest BCUT2D eigenvalue weighted by Crippen LogP contribution is -2.09. The van der Waals surface area contributed by atoms with E-state index in [-0.39, 0.29) is 5.38 Å². The first-order valence-corrected chi connectivity index (χ1v) is 12.9. The molecule has 0 amide bonds. The number of phosphoric ester groups is 1. The highest BCUT2D eigenvalue weighted by Gasteiger charge is 2.34. The first kappa shape index (κ1) is 26.4. The van der Waals surface area contributed by atoms with Crippen LogP contribution in [0.3, 0.4) is 0 Å². The molecule has 172 valence electrons. The monoisotopic (exact) mass is 514 g/mol. The Balaban J connectivity index is 0.000000534. The Hall–Kier alpha value is -1.84. The van der Waals surface area contributed by atoms with Crippen LogP contribution in [0.2, 0.25) is 0 Å². The van der Waals surface area contributed by atoms with Gasteiger partial charge in [0.2, 0.25) is 0 Å². The SMILES string of the molecule is Cc1ccccc1OP(=O)(Oc1ccccc1C)Oc1ccccc1C.ClCC(Cl)CCl. The van der Waals surface area contributed by atoms with E-state index in [0.717, 1.165) is 16.7 Å². The van der Waals surface area contributed by atoms with Gasteiger partial charge < -0.3 is 13.6 Å². The fraction of sp³-hybridized carbons (Fsp3) is 0.250. The smallest absolute Gasteiger partial charge is 0.386 e. The van der Waals surface area contributed by atoms with Gasteiger partial charge in [-0.05, 0) is 55.7 Å². The number of halogens is 3. The molecule has 0 atom stereocenters. The zero-order chi connectivity index (χ0) is 23.6. The molecule has 0 aliphatic carbocycles. The Kier molecular flexibility index (Phi) is 10.7. The Morgan fingerprint density at radius 3 is 1.16 bits per heavy atom. The quantitative estimate of drug-likeness (QED) is 0.223. The van der Waals surface area contributed by atoms with E-state index in [1.807, 2.05) is 75.4 Å². The first-order chi connectivity index (χ1) is 15.3. The van der Waals surface area contributed by atoms with Crippen LogP contribution in [0.15, 0.2) is 72.8 Å². The van der Waals surface area contributed by atoms with E-state index in [4.69, 9.17) is 48.4 Å². The van der Waals surface area contributed by atoms with Gasteiger partial charge in [0, 0.05) is 11.8 Å². The maximum absolute atomic E-state index is 13.5. The molecule has 0 heterocycles. The molecule has 0 spiro atoms. The van der Waals surface area contributed by atoms with E-state index in [2.05, 4.69) is 0 Å². The molecule has 4 nitrogen and oxygen atoms in total. The summed E-state index contributed by atoms with van der Waals surface area (Å²) in [6.07, 6.45) is 0. The van der Waals surface area contributed by atoms with Crippen LogP contribution in [0.4, 0.5) is 0 Å². The van der Waals surface area contributed by atoms with Gasteiger partial charge in [0.1, 0.15) is 17.2 Å². The molecule has 0 aromatic heterocycles. The van der Waals surface area contributed by atoms with Crippen LogP contribution in [0, 0.1) is 20.8 Å². The summed E-state index contributed by atoms with van der Waals surface area (Å²) < 4.78 is 30.8. The van der Waals surface area contributed by atoms with Gasteiger partial charge in [-0.3, -0.25) is 0 Å². The predicted octanol–water partition coefficient (Wildman–Crippen LogP) is 8.33. The summed E-state index contributed by atoms with van der Waals surface area (Å²) in [5.41, 5.74) is 2.53. The number of para-hydroxylation sites is 3. The lowest BCUT2D eigenvalue weighted by Gasteiger charge is -2.21. The molecule has 0 N–H and O–H groups in total. The van der Waals surface area contributed by atoms with Gasteiger partial charge in [-0.1, -0.05) is 54.6 Å². The summed E-state index contributed by atoms with van der Waals surface area (Å²) in [7, 11) is -3.97. The Morgan fingerprint density at radius 2 is 0.938 bits per heavy atom. The minimum atomic E-state index is -3.97. The van der Waals surface area contributed by atoms with Gasteiger partial charge in [-0.15, -0.1) is 34.8 Å². The number of hydrogen-bond donors (Lipinski definition) is 0. The highest BCUT2D eigenvalue weighted by molar-refractivity contribution is 7.49. The van der Waals surface area contributed by atoms with Crippen LogP contribution in [-0.4, -0.2) is 17.1 Å². The van der Waals surface area contributed by atoms with Crippen LogP contribution in [0.25, 0.3) is 0 Å². The second-order valence-electron chi connectivity index (χ2n) is 6.92. The van der Waals surface area contributed by atoms with Crippen molar-refractivity contribution in [2.75, 3.05) is 11.8 Å². The van der Waals surface area contributed by atoms with Gasteiger partial charge in [0.15, 0.2) is 0 Å². The van der Waals surface area contributed by atoms with Crippen molar-refractivity contribution in [3.8, 4) is 17.2 Å². The molecule has 0 saturated carbocycles. The number of alkyl halides is 3. The molecular formula is C24H26Cl3O4P. The zero-order valence-corrected chi connectivity index (χ0v) is 21.3. The fourth-order valence-corrected chi connectivity index (χ4v) is 4.21. The zero-order valence-electron chi connectivity index (χ0n) is 18.1. The second-order valence-corrected chi connectivity index (χ2v) is 9.60. The van der Waals surface area contributed by atoms with Gasteiger partial charge in [0.05, 0.1) is 5.38 Å². The van der Waals surface area contributed by atoms with Crippen LogP contribution in [-0.2, 0) is 4.57 Å². The molecule has 3 aromatic carbocycles. The molecule has 0 radical (unpaired) electrons. The number of benzene rings is 3. The van der Waals surface area contributed by atoms with Gasteiger partial charge in [-0.2, -0.15) is 4.57 Å². The molecule has 0 bridgehead atoms. The van der Waals surface area contributed by atoms with Crippen molar-refractivity contribution in [1.29, 1.82) is 0 Å². The predicted molar refractivity (Wildman–Crippen MR) is 134 cm³/mol. The minimum absolute atomic E-state index is 0.0617. The maximum atomic E-state index is 13.5. The Morgan fingerprint density at radius 1 is 0.656 bits per heavy atom. The molecule has 3 aromatic rings. The third-order valence-corrected chi connectivity index (χ3v) is 6.88. The molecule has 0 aliphatic rings. The number of phosphoric acid groups is 1. The first-order valence-electron chi connectivity index (χ1n) is 9.89. The summed E-state index contributed by atoms with van der Waals surface area (Å²) >= 11 is 15.9. The van der Waals surface area contributed by atoms with Crippen LogP contribution < -0.4 is 13.6 Å². The van der Waals surface area contributed by atoms with E-state index < -0.39 is 7.82 Å². The van der Waals surface area contributed by atoms with Crippen molar-refractivity contribution in [3.63, 3.8) is 0 Å². The molecule has 3 rings (SSSR count). The summed E-state index contributed by atoms with van der Waals surface area (Å²) in [6.45, 7) is 5.63. The Labute approximate surface area is 205 Å². The standard InChI is InChI=1S/C21H21O4P.C3H5Cl3/c1-16-10-4-7-13-19(16)23-26(22,24-20-14-8-5-11-17(20)2)25-21-15-9-6-12-18(21)3;4-1-3(6)2-5/h4-15H,1-3H3;3H,1-2H2. The topological polar surface area (TPSA) is 44.8 Å². The lowest BCUT2D eigenvalue weighted by atomic mass is 10.2. The van der Waals surface area contributed by atoms with E-state index >= 15 is 0 Å².